The van der Waals surface area contributed by atoms with Crippen LogP contribution in [0.3, 0.4) is 0 Å². The van der Waals surface area contributed by atoms with Crippen LogP contribution in [0.15, 0.2) is 84.3 Å². The van der Waals surface area contributed by atoms with E-state index < -0.39 is 35.6 Å². The summed E-state index contributed by atoms with van der Waals surface area (Å²) in [7, 11) is 0. The van der Waals surface area contributed by atoms with Gasteiger partial charge in [-0.15, -0.1) is 0 Å². The van der Waals surface area contributed by atoms with Gasteiger partial charge in [-0.1, -0.05) is 24.3 Å². The van der Waals surface area contributed by atoms with Crippen LogP contribution in [0.4, 0.5) is 13.6 Å². The van der Waals surface area contributed by atoms with Crippen LogP contribution in [-0.2, 0) is 16.1 Å². The van der Waals surface area contributed by atoms with Gasteiger partial charge in [0, 0.05) is 24.5 Å². The van der Waals surface area contributed by atoms with E-state index in [2.05, 4.69) is 15.6 Å². The van der Waals surface area contributed by atoms with Gasteiger partial charge in [0.25, 0.3) is 5.91 Å². The van der Waals surface area contributed by atoms with E-state index in [1.807, 2.05) is 0 Å². The lowest BCUT2D eigenvalue weighted by atomic mass is 9.94. The third kappa shape index (κ3) is 6.16. The molecule has 0 aliphatic carbocycles. The molecule has 0 unspecified atom stereocenters. The van der Waals surface area contributed by atoms with Gasteiger partial charge >= 0.3 is 12.0 Å². The number of benzene rings is 2. The maximum Gasteiger partial charge on any atom is 0.338 e. The van der Waals surface area contributed by atoms with Gasteiger partial charge in [0.15, 0.2) is 0 Å². The molecule has 4 rings (SSSR count). The van der Waals surface area contributed by atoms with Crippen molar-refractivity contribution < 1.29 is 27.9 Å². The fraction of sp³-hybridized carbons (Fsp3) is 0.185. The Morgan fingerprint density at radius 1 is 1.03 bits per heavy atom. The Kier molecular flexibility index (Phi) is 7.87. The van der Waals surface area contributed by atoms with E-state index in [0.717, 1.165) is 6.07 Å². The minimum absolute atomic E-state index is 0.0234. The summed E-state index contributed by atoms with van der Waals surface area (Å²) in [6.07, 6.45) is 3.16. The highest BCUT2D eigenvalue weighted by Crippen LogP contribution is 2.29. The van der Waals surface area contributed by atoms with Crippen molar-refractivity contribution in [1.29, 1.82) is 0 Å². The van der Waals surface area contributed by atoms with Crippen molar-refractivity contribution in [3.63, 3.8) is 0 Å². The molecule has 3 aromatic rings. The quantitative estimate of drug-likeness (QED) is 0.452. The molecule has 0 saturated heterocycles. The van der Waals surface area contributed by atoms with Gasteiger partial charge in [-0.25, -0.2) is 18.4 Å². The number of halogens is 2. The molecule has 2 heterocycles. The fourth-order valence-corrected chi connectivity index (χ4v) is 4.04. The lowest BCUT2D eigenvalue weighted by Crippen LogP contribution is -2.49. The van der Waals surface area contributed by atoms with Crippen LogP contribution in [0.2, 0.25) is 0 Å². The molecule has 3 amide bonds. The molecule has 10 heteroatoms. The molecule has 1 atom stereocenters. The highest BCUT2D eigenvalue weighted by molar-refractivity contribution is 5.97. The Bertz CT molecular complexity index is 1350. The standard InChI is InChI=1S/C27H24F2N4O4/c1-2-37-26(35)23-22(31-27(36)32-24(23)18-7-3-9-20(28)12-18)16-33(15-17-6-5-11-30-14-17)25(34)19-8-4-10-21(29)13-19/h3-14,24H,2,15-16H2,1H3,(H2,31,32,36)/t24-/m0/s1. The van der Waals surface area contributed by atoms with Gasteiger partial charge < -0.3 is 20.3 Å². The predicted octanol–water partition coefficient (Wildman–Crippen LogP) is 3.87. The molecular weight excluding hydrogens is 482 g/mol. The van der Waals surface area contributed by atoms with E-state index in [0.29, 0.717) is 11.1 Å². The second kappa shape index (κ2) is 11.4. The number of carbonyl (C=O) groups excluding carboxylic acids is 3. The number of nitrogens with one attached hydrogen (secondary N) is 2. The van der Waals surface area contributed by atoms with E-state index in [1.54, 1.807) is 37.5 Å². The summed E-state index contributed by atoms with van der Waals surface area (Å²) >= 11 is 0. The first-order valence-corrected chi connectivity index (χ1v) is 11.5. The summed E-state index contributed by atoms with van der Waals surface area (Å²) in [4.78, 5) is 44.6. The SMILES string of the molecule is CCOC(=O)C1=C(CN(Cc2cccnc2)C(=O)c2cccc(F)c2)NC(=O)N[C@H]1c1cccc(F)c1. The van der Waals surface area contributed by atoms with Crippen LogP contribution >= 0.6 is 0 Å². The molecule has 1 aromatic heterocycles. The number of hydrogen-bond acceptors (Lipinski definition) is 5. The van der Waals surface area contributed by atoms with Crippen LogP contribution in [-0.4, -0.2) is 40.9 Å². The molecule has 0 fully saturated rings. The molecule has 8 nitrogen and oxygen atoms in total. The number of pyridine rings is 1. The molecular formula is C27H24F2N4O4. The second-order valence-electron chi connectivity index (χ2n) is 8.23. The zero-order valence-electron chi connectivity index (χ0n) is 19.9. The van der Waals surface area contributed by atoms with Crippen LogP contribution in [0, 0.1) is 11.6 Å². The topological polar surface area (TPSA) is 101 Å². The van der Waals surface area contributed by atoms with Crippen LogP contribution in [0.25, 0.3) is 0 Å². The maximum absolute atomic E-state index is 14.0. The first-order valence-electron chi connectivity index (χ1n) is 11.5. The summed E-state index contributed by atoms with van der Waals surface area (Å²) < 4.78 is 33.2. The Labute approximate surface area is 212 Å². The summed E-state index contributed by atoms with van der Waals surface area (Å²) in [6, 6.07) is 12.5. The minimum Gasteiger partial charge on any atom is -0.463 e. The number of ether oxygens (including phenoxy) is 1. The Balaban J connectivity index is 1.79. The first kappa shape index (κ1) is 25.5. The van der Waals surface area contributed by atoms with Gasteiger partial charge in [0.05, 0.1) is 30.5 Å². The average molecular weight is 507 g/mol. The van der Waals surface area contributed by atoms with E-state index in [1.165, 1.54) is 41.3 Å². The molecule has 190 valence electrons. The molecule has 0 radical (unpaired) electrons. The number of aromatic nitrogens is 1. The summed E-state index contributed by atoms with van der Waals surface area (Å²) in [5.41, 5.74) is 1.21. The number of urea groups is 1. The lowest BCUT2D eigenvalue weighted by molar-refractivity contribution is -0.139. The highest BCUT2D eigenvalue weighted by Gasteiger charge is 2.35. The molecule has 1 aliphatic rings. The van der Waals surface area contributed by atoms with Gasteiger partial charge in [0.2, 0.25) is 0 Å². The second-order valence-corrected chi connectivity index (χ2v) is 8.23. The van der Waals surface area contributed by atoms with E-state index in [4.69, 9.17) is 4.74 Å². The van der Waals surface area contributed by atoms with Crippen LogP contribution in [0.5, 0.6) is 0 Å². The Morgan fingerprint density at radius 3 is 2.46 bits per heavy atom. The van der Waals surface area contributed by atoms with Crippen molar-refractivity contribution in [2.45, 2.75) is 19.5 Å². The Morgan fingerprint density at radius 2 is 1.78 bits per heavy atom. The van der Waals surface area contributed by atoms with Crippen LogP contribution < -0.4 is 10.6 Å². The summed E-state index contributed by atoms with van der Waals surface area (Å²) in [5.74, 6) is -2.40. The number of rotatable bonds is 8. The molecule has 37 heavy (non-hydrogen) atoms. The van der Waals surface area contributed by atoms with Crippen molar-refractivity contribution in [2.75, 3.05) is 13.2 Å². The van der Waals surface area contributed by atoms with Crippen molar-refractivity contribution in [2.24, 2.45) is 0 Å². The fourth-order valence-electron chi connectivity index (χ4n) is 4.04. The zero-order valence-corrected chi connectivity index (χ0v) is 19.9. The third-order valence-electron chi connectivity index (χ3n) is 5.63. The lowest BCUT2D eigenvalue weighted by Gasteiger charge is -2.32. The number of hydrogen-bond donors (Lipinski definition) is 2. The number of esters is 1. The van der Waals surface area contributed by atoms with Crippen molar-refractivity contribution >= 4 is 17.9 Å². The van der Waals surface area contributed by atoms with E-state index in [-0.39, 0.29) is 36.5 Å². The van der Waals surface area contributed by atoms with Gasteiger partial charge in [-0.2, -0.15) is 0 Å². The molecule has 2 aromatic carbocycles. The molecule has 2 N–H and O–H groups in total. The van der Waals surface area contributed by atoms with E-state index in [9.17, 15) is 23.2 Å². The van der Waals surface area contributed by atoms with Gasteiger partial charge in [0.1, 0.15) is 11.6 Å². The number of carbonyl (C=O) groups is 3. The highest BCUT2D eigenvalue weighted by atomic mass is 19.1. The van der Waals surface area contributed by atoms with Crippen molar-refractivity contribution in [3.8, 4) is 0 Å². The normalized spacial score (nSPS) is 15.0. The smallest absolute Gasteiger partial charge is 0.338 e. The monoisotopic (exact) mass is 506 g/mol. The zero-order chi connectivity index (χ0) is 26.4. The molecule has 0 spiro atoms. The number of nitrogens with zero attached hydrogens (tertiary/aromatic N) is 2. The minimum atomic E-state index is -1.02. The van der Waals surface area contributed by atoms with Crippen LogP contribution in [0.1, 0.15) is 34.5 Å². The van der Waals surface area contributed by atoms with Crippen molar-refractivity contribution in [1.82, 2.24) is 20.5 Å². The van der Waals surface area contributed by atoms with E-state index >= 15 is 0 Å². The Hall–Kier alpha value is -4.60. The average Bonchev–Trinajstić information content (AvgIpc) is 2.88. The third-order valence-corrected chi connectivity index (χ3v) is 5.63. The maximum atomic E-state index is 14.0. The largest absolute Gasteiger partial charge is 0.463 e. The molecule has 1 aliphatic heterocycles. The van der Waals surface area contributed by atoms with Crippen molar-refractivity contribution in [3.05, 3.63) is 113 Å². The predicted molar refractivity (Wildman–Crippen MR) is 130 cm³/mol. The summed E-state index contributed by atoms with van der Waals surface area (Å²) in [5, 5.41) is 5.24. The van der Waals surface area contributed by atoms with Gasteiger partial charge in [-0.3, -0.25) is 9.78 Å². The first-order chi connectivity index (χ1) is 17.9. The molecule has 0 saturated carbocycles. The molecule has 0 bridgehead atoms. The summed E-state index contributed by atoms with van der Waals surface area (Å²) in [6.45, 7) is 1.52. The number of amides is 3. The van der Waals surface area contributed by atoms with Gasteiger partial charge in [-0.05, 0) is 54.4 Å².